The Morgan fingerprint density at radius 1 is 1.15 bits per heavy atom. The summed E-state index contributed by atoms with van der Waals surface area (Å²) in [5.41, 5.74) is 2.05. The average Bonchev–Trinajstić information content (AvgIpc) is 2.67. The number of carbonyl (C=O) groups is 2. The van der Waals surface area contributed by atoms with Gasteiger partial charge in [-0.15, -0.1) is 0 Å². The number of aliphatic hydroxyl groups is 1. The van der Waals surface area contributed by atoms with E-state index in [1.54, 1.807) is 0 Å². The normalized spacial score (nSPS) is 35.3. The number of hydrogen-bond acceptors (Lipinski definition) is 3. The molecule has 1 aliphatic carbocycles. The highest BCUT2D eigenvalue weighted by molar-refractivity contribution is 6.02. The predicted octanol–water partition coefficient (Wildman–Crippen LogP) is 1.68. The number of carbonyl (C=O) groups excluding carboxylic acids is 2. The Morgan fingerprint density at radius 2 is 1.90 bits per heavy atom. The summed E-state index contributed by atoms with van der Waals surface area (Å²) in [5.74, 6) is 0.355. The highest BCUT2D eigenvalue weighted by atomic mass is 16.3. The van der Waals surface area contributed by atoms with Crippen LogP contribution >= 0.6 is 0 Å². The molecule has 20 heavy (non-hydrogen) atoms. The van der Waals surface area contributed by atoms with Crippen molar-refractivity contribution in [1.82, 2.24) is 4.90 Å². The van der Waals surface area contributed by atoms with Crippen LogP contribution in [0.25, 0.3) is 0 Å². The summed E-state index contributed by atoms with van der Waals surface area (Å²) in [7, 11) is 0. The monoisotopic (exact) mass is 277 g/mol. The molecule has 2 bridgehead atoms. The first-order valence-corrected chi connectivity index (χ1v) is 7.80. The lowest BCUT2D eigenvalue weighted by Crippen LogP contribution is -2.34. The third-order valence-electron chi connectivity index (χ3n) is 5.03. The van der Waals surface area contributed by atoms with E-state index < -0.39 is 6.10 Å². The van der Waals surface area contributed by atoms with Gasteiger partial charge in [-0.3, -0.25) is 9.59 Å². The number of nitrogens with zero attached hydrogens (tertiary/aromatic N) is 1. The predicted molar refractivity (Wildman–Crippen MR) is 75.0 cm³/mol. The molecule has 4 heteroatoms. The SMILES string of the molecule is C[C@H]1CC(=O)N2CCCC3=C(C1)C(=O)[C@H](O)[C@H]3CCC2. The second-order valence-electron chi connectivity index (χ2n) is 6.56. The summed E-state index contributed by atoms with van der Waals surface area (Å²) in [6.45, 7) is 3.60. The molecule has 0 aromatic heterocycles. The molecule has 3 atom stereocenters. The van der Waals surface area contributed by atoms with E-state index >= 15 is 0 Å². The molecule has 0 saturated carbocycles. The zero-order chi connectivity index (χ0) is 14.3. The standard InChI is InChI=1S/C16H23NO3/c1-10-8-13-11-4-2-6-17(14(18)9-10)7-3-5-12(11)15(19)16(13)20/h10,12,15,19H,2-9H2,1H3/t10-,12+,15-/m1/s1. The maximum Gasteiger partial charge on any atom is 0.222 e. The Labute approximate surface area is 119 Å². The molecule has 2 aliphatic heterocycles. The first-order valence-electron chi connectivity index (χ1n) is 7.80. The van der Waals surface area contributed by atoms with E-state index in [1.165, 1.54) is 5.57 Å². The molecule has 1 fully saturated rings. The van der Waals surface area contributed by atoms with Crippen LogP contribution in [0.15, 0.2) is 11.1 Å². The summed E-state index contributed by atoms with van der Waals surface area (Å²) in [4.78, 5) is 26.6. The summed E-state index contributed by atoms with van der Waals surface area (Å²) in [5, 5.41) is 10.2. The van der Waals surface area contributed by atoms with Gasteiger partial charge >= 0.3 is 0 Å². The highest BCUT2D eigenvalue weighted by Crippen LogP contribution is 2.40. The van der Waals surface area contributed by atoms with Gasteiger partial charge in [-0.05, 0) is 43.6 Å². The number of rotatable bonds is 0. The third kappa shape index (κ3) is 2.30. The van der Waals surface area contributed by atoms with E-state index in [4.69, 9.17) is 0 Å². The fourth-order valence-electron chi connectivity index (χ4n) is 4.01. The maximum atomic E-state index is 12.3. The topological polar surface area (TPSA) is 57.6 Å². The molecule has 3 rings (SSSR count). The largest absolute Gasteiger partial charge is 0.384 e. The molecular weight excluding hydrogens is 254 g/mol. The molecule has 0 radical (unpaired) electrons. The van der Waals surface area contributed by atoms with Crippen molar-refractivity contribution in [2.24, 2.45) is 11.8 Å². The fourth-order valence-corrected chi connectivity index (χ4v) is 4.01. The van der Waals surface area contributed by atoms with Crippen molar-refractivity contribution in [2.75, 3.05) is 13.1 Å². The third-order valence-corrected chi connectivity index (χ3v) is 5.03. The highest BCUT2D eigenvalue weighted by Gasteiger charge is 2.41. The molecule has 4 nitrogen and oxygen atoms in total. The lowest BCUT2D eigenvalue weighted by molar-refractivity contribution is -0.132. The molecule has 2 heterocycles. The van der Waals surface area contributed by atoms with Crippen molar-refractivity contribution in [3.63, 3.8) is 0 Å². The van der Waals surface area contributed by atoms with Gasteiger partial charge < -0.3 is 10.0 Å². The van der Waals surface area contributed by atoms with Crippen LogP contribution in [-0.4, -0.2) is 40.9 Å². The van der Waals surface area contributed by atoms with Gasteiger partial charge in [0.15, 0.2) is 5.78 Å². The van der Waals surface area contributed by atoms with Crippen LogP contribution in [0.2, 0.25) is 0 Å². The average molecular weight is 277 g/mol. The van der Waals surface area contributed by atoms with Crippen molar-refractivity contribution < 1.29 is 14.7 Å². The molecule has 1 amide bonds. The molecule has 0 aromatic carbocycles. The zero-order valence-electron chi connectivity index (χ0n) is 12.1. The minimum absolute atomic E-state index is 0.0119. The molecule has 1 N–H and O–H groups in total. The molecule has 0 spiro atoms. The van der Waals surface area contributed by atoms with Crippen molar-refractivity contribution in [1.29, 1.82) is 0 Å². The Morgan fingerprint density at radius 3 is 2.70 bits per heavy atom. The van der Waals surface area contributed by atoms with Gasteiger partial charge in [-0.1, -0.05) is 12.5 Å². The lowest BCUT2D eigenvalue weighted by atomic mass is 9.89. The summed E-state index contributed by atoms with van der Waals surface area (Å²) >= 11 is 0. The molecule has 110 valence electrons. The number of ketones is 1. The van der Waals surface area contributed by atoms with Crippen LogP contribution in [-0.2, 0) is 9.59 Å². The second kappa shape index (κ2) is 5.32. The number of fused-ring (bicyclic) bond motifs is 3. The van der Waals surface area contributed by atoms with Crippen molar-refractivity contribution in [2.45, 2.75) is 51.6 Å². The fraction of sp³-hybridized carbons (Fsp3) is 0.750. The summed E-state index contributed by atoms with van der Waals surface area (Å²) in [6.07, 6.45) is 3.82. The molecule has 0 aromatic rings. The van der Waals surface area contributed by atoms with Gasteiger partial charge in [-0.25, -0.2) is 0 Å². The minimum atomic E-state index is -0.825. The first-order chi connectivity index (χ1) is 9.58. The maximum absolute atomic E-state index is 12.3. The second-order valence-corrected chi connectivity index (χ2v) is 6.56. The number of aliphatic hydroxyl groups excluding tert-OH is 1. The van der Waals surface area contributed by atoms with E-state index in [0.29, 0.717) is 12.8 Å². The van der Waals surface area contributed by atoms with E-state index in [1.807, 2.05) is 11.8 Å². The Balaban J connectivity index is 2.00. The summed E-state index contributed by atoms with van der Waals surface area (Å²) < 4.78 is 0. The van der Waals surface area contributed by atoms with E-state index in [-0.39, 0.29) is 23.5 Å². The zero-order valence-corrected chi connectivity index (χ0v) is 12.1. The van der Waals surface area contributed by atoms with Gasteiger partial charge in [0.2, 0.25) is 5.91 Å². The lowest BCUT2D eigenvalue weighted by Gasteiger charge is -2.25. The van der Waals surface area contributed by atoms with Gasteiger partial charge in [0.1, 0.15) is 6.10 Å². The smallest absolute Gasteiger partial charge is 0.222 e. The number of amides is 1. The van der Waals surface area contributed by atoms with Gasteiger partial charge in [0.05, 0.1) is 0 Å². The van der Waals surface area contributed by atoms with Crippen LogP contribution < -0.4 is 0 Å². The molecular formula is C16H23NO3. The van der Waals surface area contributed by atoms with Crippen LogP contribution in [0.3, 0.4) is 0 Å². The van der Waals surface area contributed by atoms with Crippen LogP contribution in [0.5, 0.6) is 0 Å². The van der Waals surface area contributed by atoms with Crippen molar-refractivity contribution >= 4 is 11.7 Å². The minimum Gasteiger partial charge on any atom is -0.384 e. The van der Waals surface area contributed by atoms with Crippen LogP contribution in [0.1, 0.15) is 45.4 Å². The molecule has 1 saturated heterocycles. The van der Waals surface area contributed by atoms with Gasteiger partial charge in [0, 0.05) is 25.4 Å². The Kier molecular flexibility index (Phi) is 3.67. The van der Waals surface area contributed by atoms with E-state index in [0.717, 1.165) is 44.3 Å². The van der Waals surface area contributed by atoms with Crippen molar-refractivity contribution in [3.8, 4) is 0 Å². The Bertz CT molecular complexity index is 468. The van der Waals surface area contributed by atoms with Crippen LogP contribution in [0, 0.1) is 11.8 Å². The molecule has 0 unspecified atom stereocenters. The molecule has 3 aliphatic rings. The van der Waals surface area contributed by atoms with E-state index in [2.05, 4.69) is 0 Å². The number of Topliss-reactive ketones (excluding diaryl/α,β-unsaturated/α-hetero) is 1. The van der Waals surface area contributed by atoms with Crippen molar-refractivity contribution in [3.05, 3.63) is 11.1 Å². The van der Waals surface area contributed by atoms with Gasteiger partial charge in [0.25, 0.3) is 0 Å². The quantitative estimate of drug-likeness (QED) is 0.733. The van der Waals surface area contributed by atoms with Gasteiger partial charge in [-0.2, -0.15) is 0 Å². The Hall–Kier alpha value is -1.16. The first kappa shape index (κ1) is 13.8. The summed E-state index contributed by atoms with van der Waals surface area (Å²) in [6, 6.07) is 0. The number of hydrogen-bond donors (Lipinski definition) is 1. The van der Waals surface area contributed by atoms with E-state index in [9.17, 15) is 14.7 Å². The van der Waals surface area contributed by atoms with Crippen LogP contribution in [0.4, 0.5) is 0 Å².